The van der Waals surface area contributed by atoms with Crippen molar-refractivity contribution in [1.82, 2.24) is 10.3 Å². The number of hydrogen-bond donors (Lipinski definition) is 1. The lowest BCUT2D eigenvalue weighted by Gasteiger charge is -2.21. The van der Waals surface area contributed by atoms with Gasteiger partial charge in [0, 0.05) is 29.6 Å². The molecular formula is C18H21N3O2. The van der Waals surface area contributed by atoms with Gasteiger partial charge in [0.2, 0.25) is 5.60 Å². The molecule has 1 N–H and O–H groups in total. The maximum Gasteiger partial charge on any atom is 0.267 e. The van der Waals surface area contributed by atoms with Gasteiger partial charge >= 0.3 is 0 Å². The SMILES string of the molecule is Cc1cnc2ccc(C3=NOC(C)(C(=O)NC(C)C)C3)cc2c1. The quantitative estimate of drug-likeness (QED) is 0.948. The Morgan fingerprint density at radius 3 is 2.87 bits per heavy atom. The maximum atomic E-state index is 12.3. The summed E-state index contributed by atoms with van der Waals surface area (Å²) in [5.41, 5.74) is 2.86. The van der Waals surface area contributed by atoms with Gasteiger partial charge in [0.05, 0.1) is 11.2 Å². The van der Waals surface area contributed by atoms with Crippen LogP contribution in [0.15, 0.2) is 35.6 Å². The summed E-state index contributed by atoms with van der Waals surface area (Å²) in [4.78, 5) is 22.2. The Hall–Kier alpha value is -2.43. The Labute approximate surface area is 135 Å². The fourth-order valence-corrected chi connectivity index (χ4v) is 2.65. The van der Waals surface area contributed by atoms with E-state index in [9.17, 15) is 4.79 Å². The first kappa shape index (κ1) is 15.5. The zero-order valence-electron chi connectivity index (χ0n) is 13.9. The average Bonchev–Trinajstić information content (AvgIpc) is 2.90. The van der Waals surface area contributed by atoms with Gasteiger partial charge in [-0.2, -0.15) is 0 Å². The number of aromatic nitrogens is 1. The normalized spacial score (nSPS) is 20.5. The Morgan fingerprint density at radius 1 is 1.35 bits per heavy atom. The monoisotopic (exact) mass is 311 g/mol. The van der Waals surface area contributed by atoms with Gasteiger partial charge in [0.15, 0.2) is 0 Å². The van der Waals surface area contributed by atoms with Crippen molar-refractivity contribution in [3.8, 4) is 0 Å². The van der Waals surface area contributed by atoms with E-state index in [1.165, 1.54) is 0 Å². The molecule has 2 aromatic rings. The Morgan fingerprint density at radius 2 is 2.13 bits per heavy atom. The van der Waals surface area contributed by atoms with Crippen molar-refractivity contribution >= 4 is 22.5 Å². The molecule has 0 spiro atoms. The van der Waals surface area contributed by atoms with Crippen LogP contribution in [-0.4, -0.2) is 28.2 Å². The first-order valence-electron chi connectivity index (χ1n) is 7.80. The molecule has 0 aliphatic carbocycles. The van der Waals surface area contributed by atoms with E-state index in [1.807, 2.05) is 45.2 Å². The highest BCUT2D eigenvalue weighted by molar-refractivity contribution is 6.07. The van der Waals surface area contributed by atoms with Crippen LogP contribution in [0.25, 0.3) is 10.9 Å². The number of carbonyl (C=O) groups excluding carboxylic acids is 1. The van der Waals surface area contributed by atoms with Crippen LogP contribution in [0.3, 0.4) is 0 Å². The standard InChI is InChI=1S/C18H21N3O2/c1-11(2)20-17(22)18(4)9-16(21-23-18)13-5-6-15-14(8-13)7-12(3)10-19-15/h5-8,10-11H,9H2,1-4H3,(H,20,22). The first-order valence-corrected chi connectivity index (χ1v) is 7.80. The molecule has 5 heteroatoms. The topological polar surface area (TPSA) is 63.6 Å². The summed E-state index contributed by atoms with van der Waals surface area (Å²) in [5.74, 6) is -0.135. The number of nitrogens with zero attached hydrogens (tertiary/aromatic N) is 2. The minimum atomic E-state index is -0.945. The number of fused-ring (bicyclic) bond motifs is 1. The highest BCUT2D eigenvalue weighted by atomic mass is 16.7. The van der Waals surface area contributed by atoms with Crippen LogP contribution >= 0.6 is 0 Å². The van der Waals surface area contributed by atoms with E-state index in [0.29, 0.717) is 6.42 Å². The second-order valence-corrected chi connectivity index (χ2v) is 6.59. The maximum absolute atomic E-state index is 12.3. The molecule has 1 aromatic heterocycles. The van der Waals surface area contributed by atoms with Crippen molar-refractivity contribution in [3.05, 3.63) is 41.6 Å². The molecule has 1 amide bonds. The average molecular weight is 311 g/mol. The van der Waals surface area contributed by atoms with E-state index in [2.05, 4.69) is 21.5 Å². The van der Waals surface area contributed by atoms with Crippen LogP contribution in [0.1, 0.15) is 38.3 Å². The fourth-order valence-electron chi connectivity index (χ4n) is 2.65. The molecule has 120 valence electrons. The molecule has 1 aliphatic rings. The zero-order valence-corrected chi connectivity index (χ0v) is 13.9. The third-order valence-corrected chi connectivity index (χ3v) is 3.91. The third kappa shape index (κ3) is 3.04. The van der Waals surface area contributed by atoms with Crippen LogP contribution in [0, 0.1) is 6.92 Å². The van der Waals surface area contributed by atoms with Gasteiger partial charge < -0.3 is 10.2 Å². The third-order valence-electron chi connectivity index (χ3n) is 3.91. The number of rotatable bonds is 3. The fraction of sp³-hybridized carbons (Fsp3) is 0.389. The van der Waals surface area contributed by atoms with Crippen LogP contribution in [0.2, 0.25) is 0 Å². The predicted molar refractivity (Wildman–Crippen MR) is 90.4 cm³/mol. The van der Waals surface area contributed by atoms with Crippen molar-refractivity contribution in [3.63, 3.8) is 0 Å². The summed E-state index contributed by atoms with van der Waals surface area (Å²) in [6.45, 7) is 7.64. The van der Waals surface area contributed by atoms with Crippen LogP contribution < -0.4 is 5.32 Å². The van der Waals surface area contributed by atoms with Crippen LogP contribution in [0.4, 0.5) is 0 Å². The number of amides is 1. The lowest BCUT2D eigenvalue weighted by atomic mass is 9.94. The van der Waals surface area contributed by atoms with Crippen LogP contribution in [-0.2, 0) is 9.63 Å². The zero-order chi connectivity index (χ0) is 16.6. The molecule has 1 aromatic carbocycles. The highest BCUT2D eigenvalue weighted by Gasteiger charge is 2.42. The molecule has 23 heavy (non-hydrogen) atoms. The molecule has 3 rings (SSSR count). The summed E-state index contributed by atoms with van der Waals surface area (Å²) in [5, 5.41) is 8.10. The minimum absolute atomic E-state index is 0.0710. The molecule has 1 atom stereocenters. The molecule has 0 saturated carbocycles. The van der Waals surface area contributed by atoms with E-state index >= 15 is 0 Å². The molecule has 1 aliphatic heterocycles. The number of carbonyl (C=O) groups is 1. The largest absolute Gasteiger partial charge is 0.379 e. The number of aryl methyl sites for hydroxylation is 1. The first-order chi connectivity index (χ1) is 10.9. The number of benzene rings is 1. The van der Waals surface area contributed by atoms with Crippen molar-refractivity contribution in [2.24, 2.45) is 5.16 Å². The van der Waals surface area contributed by atoms with Gasteiger partial charge in [-0.15, -0.1) is 0 Å². The van der Waals surface area contributed by atoms with E-state index in [1.54, 1.807) is 6.92 Å². The summed E-state index contributed by atoms with van der Waals surface area (Å²) in [6.07, 6.45) is 2.31. The molecule has 0 fully saturated rings. The summed E-state index contributed by atoms with van der Waals surface area (Å²) in [6, 6.07) is 8.15. The smallest absolute Gasteiger partial charge is 0.267 e. The predicted octanol–water partition coefficient (Wildman–Crippen LogP) is 2.95. The summed E-state index contributed by atoms with van der Waals surface area (Å²) < 4.78 is 0. The second kappa shape index (κ2) is 5.65. The number of pyridine rings is 1. The lowest BCUT2D eigenvalue weighted by molar-refractivity contribution is -0.142. The molecule has 0 radical (unpaired) electrons. The molecule has 2 heterocycles. The highest BCUT2D eigenvalue weighted by Crippen LogP contribution is 2.28. The van der Waals surface area contributed by atoms with Crippen molar-refractivity contribution in [2.75, 3.05) is 0 Å². The number of hydrogen-bond acceptors (Lipinski definition) is 4. The molecular weight excluding hydrogens is 290 g/mol. The van der Waals surface area contributed by atoms with Crippen molar-refractivity contribution < 1.29 is 9.63 Å². The Bertz CT molecular complexity index is 798. The molecule has 1 unspecified atom stereocenters. The lowest BCUT2D eigenvalue weighted by Crippen LogP contribution is -2.47. The number of oxime groups is 1. The van der Waals surface area contributed by atoms with E-state index in [-0.39, 0.29) is 11.9 Å². The van der Waals surface area contributed by atoms with Crippen molar-refractivity contribution in [2.45, 2.75) is 45.8 Å². The summed E-state index contributed by atoms with van der Waals surface area (Å²) >= 11 is 0. The Balaban J connectivity index is 1.85. The van der Waals surface area contributed by atoms with Crippen LogP contribution in [0.5, 0.6) is 0 Å². The number of nitrogens with one attached hydrogen (secondary N) is 1. The van der Waals surface area contributed by atoms with Gasteiger partial charge in [-0.3, -0.25) is 9.78 Å². The molecule has 5 nitrogen and oxygen atoms in total. The second-order valence-electron chi connectivity index (χ2n) is 6.59. The Kier molecular flexibility index (Phi) is 3.80. The summed E-state index contributed by atoms with van der Waals surface area (Å²) in [7, 11) is 0. The van der Waals surface area contributed by atoms with E-state index < -0.39 is 5.60 Å². The van der Waals surface area contributed by atoms with Gasteiger partial charge in [-0.05, 0) is 51.5 Å². The van der Waals surface area contributed by atoms with Gasteiger partial charge in [0.1, 0.15) is 0 Å². The van der Waals surface area contributed by atoms with E-state index in [4.69, 9.17) is 4.84 Å². The van der Waals surface area contributed by atoms with Gasteiger partial charge in [0.25, 0.3) is 5.91 Å². The van der Waals surface area contributed by atoms with Crippen molar-refractivity contribution in [1.29, 1.82) is 0 Å². The van der Waals surface area contributed by atoms with Gasteiger partial charge in [-0.25, -0.2) is 0 Å². The molecule has 0 saturated heterocycles. The van der Waals surface area contributed by atoms with E-state index in [0.717, 1.165) is 27.7 Å². The minimum Gasteiger partial charge on any atom is -0.379 e. The molecule has 0 bridgehead atoms. The van der Waals surface area contributed by atoms with Gasteiger partial charge in [-0.1, -0.05) is 11.2 Å².